The van der Waals surface area contributed by atoms with Crippen LogP contribution in [0.25, 0.3) is 0 Å². The first-order valence-electron chi connectivity index (χ1n) is 5.34. The summed E-state index contributed by atoms with van der Waals surface area (Å²) in [6.07, 6.45) is 4.13. The van der Waals surface area contributed by atoms with E-state index >= 15 is 0 Å². The molecule has 0 spiro atoms. The van der Waals surface area contributed by atoms with E-state index in [1.54, 1.807) is 7.11 Å². The van der Waals surface area contributed by atoms with Gasteiger partial charge in [0.15, 0.2) is 0 Å². The van der Waals surface area contributed by atoms with Gasteiger partial charge in [0, 0.05) is 13.7 Å². The molecule has 0 aliphatic carbocycles. The maximum atomic E-state index is 12.5. The van der Waals surface area contributed by atoms with Gasteiger partial charge in [0.1, 0.15) is 0 Å². The fraction of sp³-hybridized carbons (Fsp3) is 0.727. The van der Waals surface area contributed by atoms with Crippen LogP contribution >= 0.6 is 0 Å². The highest BCUT2D eigenvalue weighted by atomic mass is 19.1. The van der Waals surface area contributed by atoms with Crippen LogP contribution in [0, 0.1) is 0 Å². The summed E-state index contributed by atoms with van der Waals surface area (Å²) in [4.78, 5) is 10.1. The van der Waals surface area contributed by atoms with E-state index in [2.05, 4.69) is 0 Å². The highest BCUT2D eigenvalue weighted by Gasteiger charge is 2.02. The molecular formula is C11H19FO4. The molecule has 0 aliphatic rings. The summed E-state index contributed by atoms with van der Waals surface area (Å²) in [6.45, 7) is 1.84. The number of carbonyl (C=O) groups is 1. The molecule has 0 saturated carbocycles. The molecular weight excluding hydrogens is 215 g/mol. The van der Waals surface area contributed by atoms with Gasteiger partial charge >= 0.3 is 5.97 Å². The number of rotatable bonds is 10. The van der Waals surface area contributed by atoms with E-state index < -0.39 is 11.8 Å². The Hall–Kier alpha value is -0.940. The van der Waals surface area contributed by atoms with E-state index in [9.17, 15) is 9.18 Å². The third-order valence-corrected chi connectivity index (χ3v) is 1.95. The number of aliphatic carboxylic acids is 1. The van der Waals surface area contributed by atoms with Gasteiger partial charge < -0.3 is 14.6 Å². The molecule has 5 heteroatoms. The first kappa shape index (κ1) is 15.1. The van der Waals surface area contributed by atoms with Crippen molar-refractivity contribution in [2.24, 2.45) is 0 Å². The largest absolute Gasteiger partial charge is 0.476 e. The number of unbranched alkanes of at least 4 members (excludes halogenated alkanes) is 3. The molecule has 0 unspecified atom stereocenters. The highest BCUT2D eigenvalue weighted by molar-refractivity contribution is 5.83. The number of carboxylic acid groups (broad SMARTS) is 1. The van der Waals surface area contributed by atoms with Crippen LogP contribution in [0.3, 0.4) is 0 Å². The number of halogens is 1. The molecule has 0 fully saturated rings. The summed E-state index contributed by atoms with van der Waals surface area (Å²) < 4.78 is 22.5. The van der Waals surface area contributed by atoms with Gasteiger partial charge in [-0.1, -0.05) is 6.42 Å². The molecule has 0 aromatic carbocycles. The van der Waals surface area contributed by atoms with E-state index in [0.29, 0.717) is 26.2 Å². The molecule has 0 rings (SSSR count). The fourth-order valence-corrected chi connectivity index (χ4v) is 1.09. The van der Waals surface area contributed by atoms with Crippen molar-refractivity contribution < 1.29 is 23.8 Å². The normalized spacial score (nSPS) is 11.8. The lowest BCUT2D eigenvalue weighted by Gasteiger charge is -2.02. The molecule has 0 bridgehead atoms. The second-order valence-corrected chi connectivity index (χ2v) is 3.31. The summed E-state index contributed by atoms with van der Waals surface area (Å²) >= 11 is 0. The fourth-order valence-electron chi connectivity index (χ4n) is 1.09. The standard InChI is InChI=1S/C11H19FO4/c1-15-8-9-16-7-5-3-2-4-6-10(12)11(13)14/h6H,2-5,7-9H2,1H3,(H,13,14)/b10-6-. The Kier molecular flexibility index (Phi) is 9.95. The number of ether oxygens (including phenoxy) is 2. The van der Waals surface area contributed by atoms with Crippen molar-refractivity contribution in [3.05, 3.63) is 11.9 Å². The van der Waals surface area contributed by atoms with Gasteiger partial charge in [0.2, 0.25) is 5.83 Å². The van der Waals surface area contributed by atoms with Crippen LogP contribution in [0.1, 0.15) is 25.7 Å². The van der Waals surface area contributed by atoms with Crippen molar-refractivity contribution >= 4 is 5.97 Å². The van der Waals surface area contributed by atoms with Crippen molar-refractivity contribution in [1.29, 1.82) is 0 Å². The van der Waals surface area contributed by atoms with Crippen LogP contribution in [0.5, 0.6) is 0 Å². The van der Waals surface area contributed by atoms with Gasteiger partial charge in [0.25, 0.3) is 0 Å². The minimum absolute atomic E-state index is 0.455. The zero-order valence-corrected chi connectivity index (χ0v) is 9.58. The average Bonchev–Trinajstić information content (AvgIpc) is 2.26. The summed E-state index contributed by atoms with van der Waals surface area (Å²) in [5.74, 6) is -2.57. The van der Waals surface area contributed by atoms with Crippen molar-refractivity contribution in [2.75, 3.05) is 26.9 Å². The van der Waals surface area contributed by atoms with Gasteiger partial charge in [-0.25, -0.2) is 4.79 Å². The zero-order chi connectivity index (χ0) is 12.2. The van der Waals surface area contributed by atoms with Crippen LogP contribution in [0.2, 0.25) is 0 Å². The Labute approximate surface area is 95.0 Å². The smallest absolute Gasteiger partial charge is 0.364 e. The summed E-state index contributed by atoms with van der Waals surface area (Å²) in [6, 6.07) is 0. The van der Waals surface area contributed by atoms with Crippen molar-refractivity contribution in [1.82, 2.24) is 0 Å². The summed E-state index contributed by atoms with van der Waals surface area (Å²) in [7, 11) is 1.62. The third-order valence-electron chi connectivity index (χ3n) is 1.95. The van der Waals surface area contributed by atoms with Crippen molar-refractivity contribution in [3.63, 3.8) is 0 Å². The van der Waals surface area contributed by atoms with Gasteiger partial charge in [-0.15, -0.1) is 0 Å². The topological polar surface area (TPSA) is 55.8 Å². The Morgan fingerprint density at radius 2 is 2.00 bits per heavy atom. The van der Waals surface area contributed by atoms with Crippen LogP contribution < -0.4 is 0 Å². The molecule has 0 saturated heterocycles. The first-order valence-corrected chi connectivity index (χ1v) is 5.34. The minimum atomic E-state index is -1.50. The predicted molar refractivity (Wildman–Crippen MR) is 58.0 cm³/mol. The zero-order valence-electron chi connectivity index (χ0n) is 9.58. The third kappa shape index (κ3) is 9.61. The number of carboxylic acids is 1. The number of hydrogen-bond acceptors (Lipinski definition) is 3. The van der Waals surface area contributed by atoms with Crippen LogP contribution in [-0.2, 0) is 14.3 Å². The Bertz CT molecular complexity index is 216. The quantitative estimate of drug-likeness (QED) is 0.465. The van der Waals surface area contributed by atoms with Gasteiger partial charge in [-0.2, -0.15) is 4.39 Å². The lowest BCUT2D eigenvalue weighted by molar-refractivity contribution is -0.134. The highest BCUT2D eigenvalue weighted by Crippen LogP contribution is 2.05. The molecule has 0 heterocycles. The summed E-state index contributed by atoms with van der Waals surface area (Å²) in [5, 5.41) is 8.23. The minimum Gasteiger partial charge on any atom is -0.476 e. The molecule has 1 N–H and O–H groups in total. The van der Waals surface area contributed by atoms with Crippen LogP contribution in [0.4, 0.5) is 4.39 Å². The SMILES string of the molecule is COCCOCCCCC/C=C(\F)C(=O)O. The Morgan fingerprint density at radius 1 is 1.25 bits per heavy atom. The maximum absolute atomic E-state index is 12.5. The maximum Gasteiger partial charge on any atom is 0.364 e. The average molecular weight is 234 g/mol. The predicted octanol–water partition coefficient (Wildman–Crippen LogP) is 2.15. The van der Waals surface area contributed by atoms with Crippen molar-refractivity contribution in [2.45, 2.75) is 25.7 Å². The molecule has 0 atom stereocenters. The number of allylic oxidation sites excluding steroid dienone is 1. The van der Waals surface area contributed by atoms with Crippen LogP contribution in [-0.4, -0.2) is 38.0 Å². The second-order valence-electron chi connectivity index (χ2n) is 3.31. The molecule has 0 aromatic heterocycles. The monoisotopic (exact) mass is 234 g/mol. The lowest BCUT2D eigenvalue weighted by Crippen LogP contribution is -2.02. The molecule has 0 aliphatic heterocycles. The van der Waals surface area contributed by atoms with E-state index in [1.165, 1.54) is 0 Å². The van der Waals surface area contributed by atoms with E-state index in [4.69, 9.17) is 14.6 Å². The Balaban J connectivity index is 3.21. The molecule has 0 aromatic rings. The van der Waals surface area contributed by atoms with Crippen LogP contribution in [0.15, 0.2) is 11.9 Å². The molecule has 94 valence electrons. The molecule has 0 radical (unpaired) electrons. The van der Waals surface area contributed by atoms with Gasteiger partial charge in [-0.3, -0.25) is 0 Å². The van der Waals surface area contributed by atoms with E-state index in [1.807, 2.05) is 0 Å². The summed E-state index contributed by atoms with van der Waals surface area (Å²) in [5.41, 5.74) is 0. The van der Waals surface area contributed by atoms with E-state index in [-0.39, 0.29) is 0 Å². The molecule has 4 nitrogen and oxygen atoms in total. The van der Waals surface area contributed by atoms with Gasteiger partial charge in [0.05, 0.1) is 13.2 Å². The van der Waals surface area contributed by atoms with Crippen molar-refractivity contribution in [3.8, 4) is 0 Å². The Morgan fingerprint density at radius 3 is 2.62 bits per heavy atom. The van der Waals surface area contributed by atoms with E-state index in [0.717, 1.165) is 25.3 Å². The molecule has 16 heavy (non-hydrogen) atoms. The second kappa shape index (κ2) is 10.6. The van der Waals surface area contributed by atoms with Gasteiger partial charge in [-0.05, 0) is 25.3 Å². The lowest BCUT2D eigenvalue weighted by atomic mass is 10.2. The first-order chi connectivity index (χ1) is 7.68. The molecule has 0 amide bonds. The number of hydrogen-bond donors (Lipinski definition) is 1. The number of methoxy groups -OCH3 is 1.